The number of carboxylic acids is 1. The van der Waals surface area contributed by atoms with Gasteiger partial charge in [-0.3, -0.25) is 4.79 Å². The summed E-state index contributed by atoms with van der Waals surface area (Å²) in [5.41, 5.74) is 0.143. The SMILES string of the molecule is CC(C)(CCNC1CCCC1)CCC(=O)O. The second-order valence-corrected chi connectivity index (χ2v) is 5.74. The summed E-state index contributed by atoms with van der Waals surface area (Å²) in [6, 6.07) is 0.718. The van der Waals surface area contributed by atoms with Gasteiger partial charge in [-0.05, 0) is 37.6 Å². The summed E-state index contributed by atoms with van der Waals surface area (Å²) in [7, 11) is 0. The maximum Gasteiger partial charge on any atom is 0.303 e. The van der Waals surface area contributed by atoms with Crippen molar-refractivity contribution in [1.29, 1.82) is 0 Å². The molecule has 0 aliphatic heterocycles. The first kappa shape index (κ1) is 13.5. The van der Waals surface area contributed by atoms with E-state index in [9.17, 15) is 4.79 Å². The third-order valence-corrected chi connectivity index (χ3v) is 3.61. The largest absolute Gasteiger partial charge is 0.481 e. The third-order valence-electron chi connectivity index (χ3n) is 3.61. The molecular formula is C13H25NO2. The topological polar surface area (TPSA) is 49.3 Å². The van der Waals surface area contributed by atoms with Crippen molar-refractivity contribution in [1.82, 2.24) is 5.32 Å². The van der Waals surface area contributed by atoms with Crippen molar-refractivity contribution in [2.75, 3.05) is 6.54 Å². The molecule has 0 heterocycles. The van der Waals surface area contributed by atoms with Crippen molar-refractivity contribution in [3.63, 3.8) is 0 Å². The van der Waals surface area contributed by atoms with Gasteiger partial charge in [-0.25, -0.2) is 0 Å². The molecule has 2 N–H and O–H groups in total. The van der Waals surface area contributed by atoms with Crippen LogP contribution in [0.2, 0.25) is 0 Å². The van der Waals surface area contributed by atoms with E-state index < -0.39 is 5.97 Å². The van der Waals surface area contributed by atoms with Gasteiger partial charge in [0, 0.05) is 12.5 Å². The minimum absolute atomic E-state index is 0.143. The van der Waals surface area contributed by atoms with Gasteiger partial charge in [0.2, 0.25) is 0 Å². The molecule has 0 aromatic heterocycles. The maximum absolute atomic E-state index is 10.5. The summed E-state index contributed by atoms with van der Waals surface area (Å²) in [4.78, 5) is 10.5. The lowest BCUT2D eigenvalue weighted by molar-refractivity contribution is -0.137. The van der Waals surface area contributed by atoms with Crippen molar-refractivity contribution in [2.24, 2.45) is 5.41 Å². The molecule has 94 valence electrons. The summed E-state index contributed by atoms with van der Waals surface area (Å²) in [5.74, 6) is -0.683. The lowest BCUT2D eigenvalue weighted by atomic mass is 9.84. The van der Waals surface area contributed by atoms with E-state index in [0.29, 0.717) is 0 Å². The normalized spacial score (nSPS) is 17.9. The monoisotopic (exact) mass is 227 g/mol. The standard InChI is InChI=1S/C13H25NO2/c1-13(2,8-7-12(15)16)9-10-14-11-5-3-4-6-11/h11,14H,3-10H2,1-2H3,(H,15,16). The molecule has 0 radical (unpaired) electrons. The van der Waals surface area contributed by atoms with Crippen LogP contribution in [0.5, 0.6) is 0 Å². The third kappa shape index (κ3) is 5.50. The first-order valence-corrected chi connectivity index (χ1v) is 6.45. The highest BCUT2D eigenvalue weighted by Crippen LogP contribution is 2.26. The van der Waals surface area contributed by atoms with E-state index in [0.717, 1.165) is 25.4 Å². The van der Waals surface area contributed by atoms with Gasteiger partial charge in [0.25, 0.3) is 0 Å². The van der Waals surface area contributed by atoms with Gasteiger partial charge in [-0.1, -0.05) is 26.7 Å². The summed E-state index contributed by atoms with van der Waals surface area (Å²) in [5, 5.41) is 12.2. The Kier molecular flexibility index (Phi) is 5.26. The van der Waals surface area contributed by atoms with E-state index in [1.165, 1.54) is 25.7 Å². The quantitative estimate of drug-likeness (QED) is 0.703. The predicted octanol–water partition coefficient (Wildman–Crippen LogP) is 2.80. The molecule has 1 aliphatic carbocycles. The Hall–Kier alpha value is -0.570. The Balaban J connectivity index is 2.11. The minimum Gasteiger partial charge on any atom is -0.481 e. The molecule has 0 aromatic rings. The average Bonchev–Trinajstić information content (AvgIpc) is 2.68. The zero-order valence-corrected chi connectivity index (χ0v) is 10.6. The first-order chi connectivity index (χ1) is 7.49. The minimum atomic E-state index is -0.683. The van der Waals surface area contributed by atoms with Crippen LogP contribution in [0.15, 0.2) is 0 Å². The van der Waals surface area contributed by atoms with Crippen molar-refractivity contribution >= 4 is 5.97 Å². The molecule has 3 nitrogen and oxygen atoms in total. The summed E-state index contributed by atoms with van der Waals surface area (Å²) < 4.78 is 0. The predicted molar refractivity (Wildman–Crippen MR) is 65.5 cm³/mol. The highest BCUT2D eigenvalue weighted by atomic mass is 16.4. The van der Waals surface area contributed by atoms with Crippen LogP contribution in [-0.2, 0) is 4.79 Å². The molecule has 0 spiro atoms. The molecule has 0 amide bonds. The molecular weight excluding hydrogens is 202 g/mol. The van der Waals surface area contributed by atoms with E-state index in [1.54, 1.807) is 0 Å². The van der Waals surface area contributed by atoms with E-state index >= 15 is 0 Å². The van der Waals surface area contributed by atoms with Gasteiger partial charge in [0.05, 0.1) is 0 Å². The Bertz CT molecular complexity index is 220. The molecule has 0 unspecified atom stereocenters. The van der Waals surface area contributed by atoms with Gasteiger partial charge in [-0.15, -0.1) is 0 Å². The smallest absolute Gasteiger partial charge is 0.303 e. The number of aliphatic carboxylic acids is 1. The van der Waals surface area contributed by atoms with Crippen molar-refractivity contribution in [3.05, 3.63) is 0 Å². The molecule has 1 aliphatic rings. The maximum atomic E-state index is 10.5. The lowest BCUT2D eigenvalue weighted by Gasteiger charge is -2.25. The summed E-state index contributed by atoms with van der Waals surface area (Å²) >= 11 is 0. The molecule has 1 rings (SSSR count). The Morgan fingerprint density at radius 1 is 1.31 bits per heavy atom. The van der Waals surface area contributed by atoms with E-state index in [2.05, 4.69) is 19.2 Å². The Labute approximate surface area is 98.6 Å². The second-order valence-electron chi connectivity index (χ2n) is 5.74. The lowest BCUT2D eigenvalue weighted by Crippen LogP contribution is -2.30. The van der Waals surface area contributed by atoms with Crippen LogP contribution < -0.4 is 5.32 Å². The molecule has 0 bridgehead atoms. The van der Waals surface area contributed by atoms with Crippen molar-refractivity contribution < 1.29 is 9.90 Å². The van der Waals surface area contributed by atoms with E-state index in [4.69, 9.17) is 5.11 Å². The number of rotatable bonds is 7. The van der Waals surface area contributed by atoms with Crippen LogP contribution >= 0.6 is 0 Å². The van der Waals surface area contributed by atoms with Crippen LogP contribution in [0.25, 0.3) is 0 Å². The van der Waals surface area contributed by atoms with Gasteiger partial charge in [0.15, 0.2) is 0 Å². The first-order valence-electron chi connectivity index (χ1n) is 6.45. The number of nitrogens with one attached hydrogen (secondary N) is 1. The van der Waals surface area contributed by atoms with Gasteiger partial charge in [0.1, 0.15) is 0 Å². The number of hydrogen-bond donors (Lipinski definition) is 2. The fourth-order valence-corrected chi connectivity index (χ4v) is 2.31. The summed E-state index contributed by atoms with van der Waals surface area (Å²) in [6.07, 6.45) is 7.48. The van der Waals surface area contributed by atoms with Crippen molar-refractivity contribution in [3.8, 4) is 0 Å². The molecule has 0 aromatic carbocycles. The zero-order valence-electron chi connectivity index (χ0n) is 10.6. The Morgan fingerprint density at radius 2 is 1.94 bits per heavy atom. The van der Waals surface area contributed by atoms with E-state index in [1.807, 2.05) is 0 Å². The molecule has 3 heteroatoms. The number of carboxylic acid groups (broad SMARTS) is 1. The fourth-order valence-electron chi connectivity index (χ4n) is 2.31. The van der Waals surface area contributed by atoms with Crippen molar-refractivity contribution in [2.45, 2.75) is 64.8 Å². The van der Waals surface area contributed by atoms with Gasteiger partial charge >= 0.3 is 5.97 Å². The number of hydrogen-bond acceptors (Lipinski definition) is 2. The Morgan fingerprint density at radius 3 is 2.50 bits per heavy atom. The molecule has 0 saturated heterocycles. The van der Waals surface area contributed by atoms with Crippen LogP contribution in [0.1, 0.15) is 58.8 Å². The van der Waals surface area contributed by atoms with Gasteiger partial charge < -0.3 is 10.4 Å². The van der Waals surface area contributed by atoms with Crippen LogP contribution in [0.4, 0.5) is 0 Å². The van der Waals surface area contributed by atoms with Gasteiger partial charge in [-0.2, -0.15) is 0 Å². The fraction of sp³-hybridized carbons (Fsp3) is 0.923. The van der Waals surface area contributed by atoms with Crippen LogP contribution in [0, 0.1) is 5.41 Å². The zero-order chi connectivity index (χ0) is 12.0. The highest BCUT2D eigenvalue weighted by Gasteiger charge is 2.20. The average molecular weight is 227 g/mol. The number of carbonyl (C=O) groups is 1. The van der Waals surface area contributed by atoms with Crippen LogP contribution in [-0.4, -0.2) is 23.7 Å². The molecule has 16 heavy (non-hydrogen) atoms. The highest BCUT2D eigenvalue weighted by molar-refractivity contribution is 5.66. The summed E-state index contributed by atoms with van der Waals surface area (Å²) in [6.45, 7) is 5.34. The molecule has 0 atom stereocenters. The second kappa shape index (κ2) is 6.24. The molecule has 1 saturated carbocycles. The molecule has 1 fully saturated rings. The van der Waals surface area contributed by atoms with E-state index in [-0.39, 0.29) is 11.8 Å². The van der Waals surface area contributed by atoms with Crippen LogP contribution in [0.3, 0.4) is 0 Å².